The average molecular weight is 289 g/mol. The monoisotopic (exact) mass is 289 g/mol. The third-order valence-corrected chi connectivity index (χ3v) is 3.06. The maximum absolute atomic E-state index is 5.50. The zero-order chi connectivity index (χ0) is 15.7. The molecule has 1 aromatic heterocycles. The maximum atomic E-state index is 5.50. The highest BCUT2D eigenvalue weighted by molar-refractivity contribution is 5.72. The molecule has 0 radical (unpaired) electrons. The molecule has 0 amide bonds. The molecule has 0 spiro atoms. The van der Waals surface area contributed by atoms with E-state index in [0.717, 1.165) is 12.0 Å². The number of hydrogen-bond acceptors (Lipinski definition) is 4. The van der Waals surface area contributed by atoms with Crippen LogP contribution < -0.4 is 5.73 Å². The molecule has 1 fully saturated rings. The summed E-state index contributed by atoms with van der Waals surface area (Å²) < 4.78 is 5.08. The van der Waals surface area contributed by atoms with Gasteiger partial charge in [-0.3, -0.25) is 0 Å². The van der Waals surface area contributed by atoms with Crippen molar-refractivity contribution in [3.8, 4) is 0 Å². The van der Waals surface area contributed by atoms with Gasteiger partial charge in [-0.25, -0.2) is 0 Å². The van der Waals surface area contributed by atoms with Crippen LogP contribution in [0.25, 0.3) is 5.57 Å². The lowest BCUT2D eigenvalue weighted by Gasteiger charge is -2.01. The van der Waals surface area contributed by atoms with E-state index in [-0.39, 0.29) is 6.54 Å². The summed E-state index contributed by atoms with van der Waals surface area (Å²) in [6, 6.07) is 0. The average Bonchev–Trinajstić information content (AvgIpc) is 3.25. The fraction of sp³-hybridized carbons (Fsp3) is 0.529. The predicted octanol–water partition coefficient (Wildman–Crippen LogP) is 4.26. The van der Waals surface area contributed by atoms with Gasteiger partial charge in [-0.05, 0) is 43.8 Å². The highest BCUT2D eigenvalue weighted by Gasteiger charge is 2.24. The van der Waals surface area contributed by atoms with Crippen LogP contribution in [0.1, 0.15) is 58.7 Å². The second-order valence-electron chi connectivity index (χ2n) is 4.70. The third kappa shape index (κ3) is 5.31. The molecule has 0 bridgehead atoms. The fourth-order valence-corrected chi connectivity index (χ4v) is 2.00. The smallest absolute Gasteiger partial charge is 0.240 e. The second kappa shape index (κ2) is 9.29. The van der Waals surface area contributed by atoms with Crippen LogP contribution in [0.15, 0.2) is 34.4 Å². The minimum atomic E-state index is 0.274. The van der Waals surface area contributed by atoms with Crippen molar-refractivity contribution in [2.24, 2.45) is 11.7 Å². The summed E-state index contributed by atoms with van der Waals surface area (Å²) in [6.07, 6.45) is 12.1. The van der Waals surface area contributed by atoms with Crippen LogP contribution >= 0.6 is 0 Å². The summed E-state index contributed by atoms with van der Waals surface area (Å²) in [5.74, 6) is 1.79. The largest absolute Gasteiger partial charge is 0.338 e. The molecule has 1 aliphatic carbocycles. The van der Waals surface area contributed by atoms with E-state index < -0.39 is 0 Å². The molecular formula is C17H27N3O. The summed E-state index contributed by atoms with van der Waals surface area (Å²) >= 11 is 0. The Kier molecular flexibility index (Phi) is 7.69. The Bertz CT molecular complexity index is 508. The first-order valence-electron chi connectivity index (χ1n) is 7.86. The molecule has 1 heterocycles. The SMILES string of the molecule is CC.C\C=C/C(=C\C(=C\CC)C1CC1)c1noc(CN)n1. The van der Waals surface area contributed by atoms with Crippen molar-refractivity contribution in [1.82, 2.24) is 10.1 Å². The van der Waals surface area contributed by atoms with Gasteiger partial charge in [-0.1, -0.05) is 44.2 Å². The van der Waals surface area contributed by atoms with Crippen molar-refractivity contribution >= 4 is 5.57 Å². The zero-order valence-electron chi connectivity index (χ0n) is 13.6. The zero-order valence-corrected chi connectivity index (χ0v) is 13.6. The molecule has 0 saturated heterocycles. The Hall–Kier alpha value is -1.68. The number of allylic oxidation sites excluding steroid dienone is 6. The van der Waals surface area contributed by atoms with E-state index in [0.29, 0.717) is 17.6 Å². The first-order valence-corrected chi connectivity index (χ1v) is 7.86. The normalized spacial score (nSPS) is 16.0. The lowest BCUT2D eigenvalue weighted by molar-refractivity contribution is 0.378. The number of nitrogens with zero attached hydrogens (tertiary/aromatic N) is 2. The van der Waals surface area contributed by atoms with Gasteiger partial charge in [0.05, 0.1) is 6.54 Å². The quantitative estimate of drug-likeness (QED) is 0.795. The third-order valence-electron chi connectivity index (χ3n) is 3.06. The second-order valence-corrected chi connectivity index (χ2v) is 4.70. The standard InChI is InChI=1S/C15H21N3O.C2H6/c1-3-5-12(11-7-8-11)9-13(6-4-2)15-17-14(10-16)19-18-15;1-2/h4-6,9,11H,3,7-8,10,16H2,1-2H3;1-2H3/b6-4-,12-5-,13-9+;. The lowest BCUT2D eigenvalue weighted by Crippen LogP contribution is -1.96. The minimum Gasteiger partial charge on any atom is -0.338 e. The number of aromatic nitrogens is 2. The molecule has 116 valence electrons. The van der Waals surface area contributed by atoms with E-state index in [2.05, 4.69) is 29.2 Å². The molecule has 1 aromatic rings. The molecule has 0 atom stereocenters. The van der Waals surface area contributed by atoms with Crippen molar-refractivity contribution in [2.45, 2.75) is 53.5 Å². The van der Waals surface area contributed by atoms with Gasteiger partial charge < -0.3 is 10.3 Å². The van der Waals surface area contributed by atoms with E-state index in [1.807, 2.05) is 32.9 Å². The molecule has 2 rings (SSSR count). The van der Waals surface area contributed by atoms with Crippen LogP contribution in [0, 0.1) is 5.92 Å². The molecule has 2 N–H and O–H groups in total. The topological polar surface area (TPSA) is 64.9 Å². The van der Waals surface area contributed by atoms with Gasteiger partial charge in [0.15, 0.2) is 0 Å². The summed E-state index contributed by atoms with van der Waals surface area (Å²) in [6.45, 7) is 8.42. The molecule has 1 saturated carbocycles. The van der Waals surface area contributed by atoms with Gasteiger partial charge in [0.1, 0.15) is 0 Å². The van der Waals surface area contributed by atoms with Gasteiger partial charge in [-0.15, -0.1) is 0 Å². The van der Waals surface area contributed by atoms with Crippen LogP contribution in [0.5, 0.6) is 0 Å². The Morgan fingerprint density at radius 3 is 2.57 bits per heavy atom. The first kappa shape index (κ1) is 17.4. The van der Waals surface area contributed by atoms with Crippen LogP contribution in [-0.2, 0) is 6.54 Å². The molecular weight excluding hydrogens is 262 g/mol. The van der Waals surface area contributed by atoms with Crippen LogP contribution in [0.2, 0.25) is 0 Å². The Morgan fingerprint density at radius 1 is 1.38 bits per heavy atom. The van der Waals surface area contributed by atoms with Crippen LogP contribution in [0.4, 0.5) is 0 Å². The highest BCUT2D eigenvalue weighted by Crippen LogP contribution is 2.38. The van der Waals surface area contributed by atoms with Crippen molar-refractivity contribution in [2.75, 3.05) is 0 Å². The molecule has 21 heavy (non-hydrogen) atoms. The van der Waals surface area contributed by atoms with Gasteiger partial charge in [0.25, 0.3) is 0 Å². The predicted molar refractivity (Wildman–Crippen MR) is 87.4 cm³/mol. The molecule has 4 nitrogen and oxygen atoms in total. The van der Waals surface area contributed by atoms with Gasteiger partial charge in [-0.2, -0.15) is 4.98 Å². The van der Waals surface area contributed by atoms with Crippen molar-refractivity contribution in [3.05, 3.63) is 41.6 Å². The number of hydrogen-bond donors (Lipinski definition) is 1. The van der Waals surface area contributed by atoms with E-state index in [4.69, 9.17) is 10.3 Å². The molecule has 0 unspecified atom stereocenters. The van der Waals surface area contributed by atoms with E-state index >= 15 is 0 Å². The molecule has 4 heteroatoms. The lowest BCUT2D eigenvalue weighted by atomic mass is 10.1. The summed E-state index contributed by atoms with van der Waals surface area (Å²) in [5.41, 5.74) is 7.87. The summed E-state index contributed by atoms with van der Waals surface area (Å²) in [4.78, 5) is 4.29. The molecule has 1 aliphatic rings. The van der Waals surface area contributed by atoms with Crippen molar-refractivity contribution in [3.63, 3.8) is 0 Å². The van der Waals surface area contributed by atoms with Gasteiger partial charge >= 0.3 is 0 Å². The number of nitrogens with two attached hydrogens (primary N) is 1. The highest BCUT2D eigenvalue weighted by atomic mass is 16.5. The molecule has 0 aliphatic heterocycles. The van der Waals surface area contributed by atoms with E-state index in [1.54, 1.807) is 0 Å². The fourth-order valence-electron chi connectivity index (χ4n) is 2.00. The van der Waals surface area contributed by atoms with Gasteiger partial charge in [0.2, 0.25) is 11.7 Å². The minimum absolute atomic E-state index is 0.274. The van der Waals surface area contributed by atoms with E-state index in [1.165, 1.54) is 18.4 Å². The van der Waals surface area contributed by atoms with Crippen LogP contribution in [-0.4, -0.2) is 10.1 Å². The summed E-state index contributed by atoms with van der Waals surface area (Å²) in [7, 11) is 0. The summed E-state index contributed by atoms with van der Waals surface area (Å²) in [5, 5.41) is 3.99. The Labute approximate surface area is 127 Å². The van der Waals surface area contributed by atoms with E-state index in [9.17, 15) is 0 Å². The van der Waals surface area contributed by atoms with Crippen molar-refractivity contribution < 1.29 is 4.52 Å². The Morgan fingerprint density at radius 2 is 2.10 bits per heavy atom. The maximum Gasteiger partial charge on any atom is 0.240 e. The first-order chi connectivity index (χ1) is 10.3. The van der Waals surface area contributed by atoms with Crippen molar-refractivity contribution in [1.29, 1.82) is 0 Å². The van der Waals surface area contributed by atoms with Crippen LogP contribution in [0.3, 0.4) is 0 Å². The number of rotatable bonds is 6. The molecule has 0 aromatic carbocycles. The Balaban J connectivity index is 0.00000106. The van der Waals surface area contributed by atoms with Gasteiger partial charge in [0, 0.05) is 5.57 Å².